The number of pyridine rings is 1. The Balaban J connectivity index is 2.07. The molecule has 0 spiro atoms. The summed E-state index contributed by atoms with van der Waals surface area (Å²) >= 11 is 0. The summed E-state index contributed by atoms with van der Waals surface area (Å²) in [4.78, 5) is 40.3. The van der Waals surface area contributed by atoms with Crippen molar-refractivity contribution in [2.24, 2.45) is 4.99 Å². The van der Waals surface area contributed by atoms with E-state index in [2.05, 4.69) is 20.8 Å². The fraction of sp³-hybridized carbons (Fsp3) is 0.150. The molecule has 0 bridgehead atoms. The smallest absolute Gasteiger partial charge is 0.301 e. The Labute approximate surface area is 182 Å². The van der Waals surface area contributed by atoms with Crippen LogP contribution < -0.4 is 10.9 Å². The molecule has 0 radical (unpaired) electrons. The van der Waals surface area contributed by atoms with Gasteiger partial charge in [0.15, 0.2) is 0 Å². The van der Waals surface area contributed by atoms with E-state index in [0.717, 1.165) is 12.1 Å². The zero-order valence-corrected chi connectivity index (χ0v) is 16.7. The van der Waals surface area contributed by atoms with Crippen molar-refractivity contribution in [3.05, 3.63) is 92.4 Å². The zero-order valence-electron chi connectivity index (χ0n) is 16.7. The molecular formula is C20H20N6O6. The number of aromatic nitrogens is 1. The predicted molar refractivity (Wildman–Crippen MR) is 116 cm³/mol. The number of hydrogen-bond donors (Lipinski definition) is 3. The average Bonchev–Trinajstić information content (AvgIpc) is 2.79. The Morgan fingerprint density at radius 3 is 2.66 bits per heavy atom. The van der Waals surface area contributed by atoms with Crippen LogP contribution in [0.5, 0.6) is 0 Å². The minimum Gasteiger partial charge on any atom is -0.396 e. The third-order valence-electron chi connectivity index (χ3n) is 3.94. The van der Waals surface area contributed by atoms with Crippen LogP contribution >= 0.6 is 0 Å². The number of allylic oxidation sites excluding steroid dienone is 3. The van der Waals surface area contributed by atoms with Crippen LogP contribution in [0.4, 0.5) is 17.1 Å². The highest BCUT2D eigenvalue weighted by atomic mass is 16.6. The number of carbonyl (C=O) groups excluding carboxylic acids is 1. The molecular weight excluding hydrogens is 420 g/mol. The highest BCUT2D eigenvalue weighted by Gasteiger charge is 2.18. The number of nitro groups is 2. The predicted octanol–water partition coefficient (Wildman–Crippen LogP) is 2.75. The minimum absolute atomic E-state index is 0.0332. The molecule has 1 heterocycles. The van der Waals surface area contributed by atoms with Gasteiger partial charge >= 0.3 is 5.69 Å². The number of aliphatic hydroxyl groups excluding tert-OH is 1. The molecule has 0 atom stereocenters. The Morgan fingerprint density at radius 1 is 1.19 bits per heavy atom. The van der Waals surface area contributed by atoms with Crippen LogP contribution in [0.1, 0.15) is 23.3 Å². The number of aliphatic imine (C=N–C) groups is 1. The van der Waals surface area contributed by atoms with Crippen LogP contribution in [0.2, 0.25) is 0 Å². The second-order valence-electron chi connectivity index (χ2n) is 6.18. The molecule has 0 unspecified atom stereocenters. The Morgan fingerprint density at radius 2 is 2.00 bits per heavy atom. The molecule has 2 aromatic rings. The Bertz CT molecular complexity index is 1050. The lowest BCUT2D eigenvalue weighted by Gasteiger charge is -2.06. The van der Waals surface area contributed by atoms with Crippen LogP contribution in [-0.4, -0.2) is 38.7 Å². The van der Waals surface area contributed by atoms with Crippen LogP contribution in [-0.2, 0) is 0 Å². The van der Waals surface area contributed by atoms with Gasteiger partial charge in [0.05, 0.1) is 15.9 Å². The maximum Gasteiger partial charge on any atom is 0.301 e. The molecule has 0 fully saturated rings. The van der Waals surface area contributed by atoms with E-state index in [-0.39, 0.29) is 18.0 Å². The summed E-state index contributed by atoms with van der Waals surface area (Å²) in [6.45, 7) is -0.0332. The van der Waals surface area contributed by atoms with E-state index in [4.69, 9.17) is 5.11 Å². The Kier molecular flexibility index (Phi) is 9.15. The number of nitro benzene ring substituents is 2. The van der Waals surface area contributed by atoms with E-state index in [1.165, 1.54) is 30.8 Å². The molecule has 1 aromatic carbocycles. The van der Waals surface area contributed by atoms with Gasteiger partial charge in [0.25, 0.3) is 11.6 Å². The van der Waals surface area contributed by atoms with E-state index >= 15 is 0 Å². The average molecular weight is 440 g/mol. The van der Waals surface area contributed by atoms with Crippen molar-refractivity contribution in [3.63, 3.8) is 0 Å². The fourth-order valence-corrected chi connectivity index (χ4v) is 2.41. The maximum absolute atomic E-state index is 12.0. The number of aliphatic hydroxyl groups is 1. The van der Waals surface area contributed by atoms with E-state index in [9.17, 15) is 25.0 Å². The largest absolute Gasteiger partial charge is 0.396 e. The van der Waals surface area contributed by atoms with Gasteiger partial charge in [0.2, 0.25) is 0 Å². The van der Waals surface area contributed by atoms with Crippen molar-refractivity contribution >= 4 is 29.2 Å². The first-order valence-electron chi connectivity index (χ1n) is 9.32. The molecule has 0 aliphatic heterocycles. The molecule has 0 aliphatic rings. The minimum atomic E-state index is -0.746. The second-order valence-corrected chi connectivity index (χ2v) is 6.18. The lowest BCUT2D eigenvalue weighted by Crippen LogP contribution is -2.34. The molecule has 12 nitrogen and oxygen atoms in total. The van der Waals surface area contributed by atoms with Gasteiger partial charge in [-0.15, -0.1) is 0 Å². The number of hydrogen-bond acceptors (Lipinski definition) is 9. The maximum atomic E-state index is 12.0. The van der Waals surface area contributed by atoms with Gasteiger partial charge in [-0.2, -0.15) is 0 Å². The highest BCUT2D eigenvalue weighted by molar-refractivity contribution is 5.91. The first kappa shape index (κ1) is 23.8. The molecule has 2 rings (SSSR count). The fourth-order valence-electron chi connectivity index (χ4n) is 2.41. The van der Waals surface area contributed by atoms with Gasteiger partial charge in [-0.3, -0.25) is 35.4 Å². The van der Waals surface area contributed by atoms with Gasteiger partial charge in [0.1, 0.15) is 11.4 Å². The van der Waals surface area contributed by atoms with Gasteiger partial charge in [-0.1, -0.05) is 12.1 Å². The van der Waals surface area contributed by atoms with Crippen molar-refractivity contribution in [1.29, 1.82) is 0 Å². The third kappa shape index (κ3) is 7.42. The molecule has 0 saturated carbocycles. The normalized spacial score (nSPS) is 11.6. The highest BCUT2D eigenvalue weighted by Crippen LogP contribution is 2.30. The number of benzene rings is 1. The molecule has 12 heteroatoms. The number of hydrazine groups is 1. The van der Waals surface area contributed by atoms with E-state index in [1.807, 2.05) is 0 Å². The lowest BCUT2D eigenvalue weighted by atomic mass is 10.1. The van der Waals surface area contributed by atoms with Crippen LogP contribution in [0.25, 0.3) is 0 Å². The summed E-state index contributed by atoms with van der Waals surface area (Å²) in [5, 5.41) is 31.0. The van der Waals surface area contributed by atoms with Crippen LogP contribution in [0, 0.1) is 20.2 Å². The van der Waals surface area contributed by atoms with Gasteiger partial charge in [-0.25, -0.2) is 4.99 Å². The van der Waals surface area contributed by atoms with Crippen molar-refractivity contribution < 1.29 is 19.7 Å². The summed E-state index contributed by atoms with van der Waals surface area (Å²) in [6.07, 6.45) is 8.41. The number of carbonyl (C=O) groups is 1. The summed E-state index contributed by atoms with van der Waals surface area (Å²) in [7, 11) is 0. The monoisotopic (exact) mass is 440 g/mol. The quantitative estimate of drug-likeness (QED) is 0.207. The Hall–Kier alpha value is -4.45. The summed E-state index contributed by atoms with van der Waals surface area (Å²) in [6, 6.07) is 8.09. The summed E-state index contributed by atoms with van der Waals surface area (Å²) in [5.74, 6) is -0.431. The van der Waals surface area contributed by atoms with Crippen molar-refractivity contribution in [2.45, 2.75) is 12.8 Å². The van der Waals surface area contributed by atoms with E-state index < -0.39 is 27.1 Å². The number of rotatable bonds is 11. The molecule has 1 amide bonds. The molecule has 32 heavy (non-hydrogen) atoms. The zero-order chi connectivity index (χ0) is 23.3. The molecule has 0 aliphatic carbocycles. The molecule has 166 valence electrons. The molecule has 1 aromatic heterocycles. The molecule has 3 N–H and O–H groups in total. The van der Waals surface area contributed by atoms with Crippen molar-refractivity contribution in [1.82, 2.24) is 15.8 Å². The second kappa shape index (κ2) is 12.3. The number of nitrogens with zero attached hydrogens (tertiary/aromatic N) is 4. The summed E-state index contributed by atoms with van der Waals surface area (Å²) < 4.78 is 0. The van der Waals surface area contributed by atoms with Crippen molar-refractivity contribution in [3.8, 4) is 0 Å². The van der Waals surface area contributed by atoms with Crippen molar-refractivity contribution in [2.75, 3.05) is 6.61 Å². The topological polar surface area (TPSA) is 173 Å². The van der Waals surface area contributed by atoms with Gasteiger partial charge in [0, 0.05) is 31.3 Å². The first-order valence-corrected chi connectivity index (χ1v) is 9.32. The van der Waals surface area contributed by atoms with E-state index in [0.29, 0.717) is 18.4 Å². The van der Waals surface area contributed by atoms with Gasteiger partial charge < -0.3 is 10.5 Å². The van der Waals surface area contributed by atoms with Gasteiger partial charge in [-0.05, 0) is 42.7 Å². The van der Waals surface area contributed by atoms with Crippen LogP contribution in [0.3, 0.4) is 0 Å². The third-order valence-corrected chi connectivity index (χ3v) is 3.94. The SMILES string of the molecule is O=C(NN/C=C(/C=C\C=Nc1ccc([N+](=O)[O-])cc1[N+](=O)[O-])CCCO)c1ccccn1. The molecule has 0 saturated heterocycles. The number of nitrogens with one attached hydrogen (secondary N) is 2. The lowest BCUT2D eigenvalue weighted by molar-refractivity contribution is -0.393. The number of amides is 1. The summed E-state index contributed by atoms with van der Waals surface area (Å²) in [5.41, 5.74) is 5.14. The standard InChI is InChI=1S/C20H20N6O6/c27-12-4-6-15(14-23-24-20(28)18-7-1-2-10-22-18)5-3-11-21-17-9-8-16(25(29)30)13-19(17)26(31)32/h1-3,5,7-11,13-14,23,27H,4,6,12H2,(H,24,28)/b5-3-,15-14-,21-11?. The van der Waals surface area contributed by atoms with E-state index in [1.54, 1.807) is 24.3 Å². The van der Waals surface area contributed by atoms with Crippen LogP contribution in [0.15, 0.2) is 71.5 Å². The first-order chi connectivity index (χ1) is 15.4. The number of non-ortho nitro benzene ring substituents is 1.